The van der Waals surface area contributed by atoms with Crippen molar-refractivity contribution in [3.05, 3.63) is 35.4 Å². The molecule has 0 N–H and O–H groups in total. The summed E-state index contributed by atoms with van der Waals surface area (Å²) in [4.78, 5) is 1.77. The fraction of sp³-hybridized carbons (Fsp3) is 0.167. The highest BCUT2D eigenvalue weighted by molar-refractivity contribution is 6.22. The van der Waals surface area contributed by atoms with E-state index in [1.807, 2.05) is 24.3 Å². The smallest absolute Gasteiger partial charge is 0.130 e. The minimum Gasteiger partial charge on any atom is -0.344 e. The summed E-state index contributed by atoms with van der Waals surface area (Å²) in [6, 6.07) is 11.5. The first-order valence-corrected chi connectivity index (χ1v) is 5.81. The quantitative estimate of drug-likeness (QED) is 0.477. The Hall–Kier alpha value is -1.68. The van der Waals surface area contributed by atoms with E-state index < -0.39 is 0 Å². The van der Waals surface area contributed by atoms with Gasteiger partial charge in [0, 0.05) is 5.69 Å². The number of benzene rings is 1. The lowest BCUT2D eigenvalue weighted by Crippen LogP contribution is -2.18. The Morgan fingerprint density at radius 3 is 2.06 bits per heavy atom. The molecule has 0 radical (unpaired) electrons. The lowest BCUT2D eigenvalue weighted by Gasteiger charge is -2.18. The molecule has 3 nitrogen and oxygen atoms in total. The van der Waals surface area contributed by atoms with Crippen LogP contribution in [0.5, 0.6) is 0 Å². The number of allylic oxidation sites excluding steroid dienone is 1. The number of nitriles is 2. The lowest BCUT2D eigenvalue weighted by molar-refractivity contribution is 1.05. The molecule has 0 aliphatic rings. The summed E-state index contributed by atoms with van der Waals surface area (Å²) in [5.41, 5.74) is 1.75. The summed E-state index contributed by atoms with van der Waals surface area (Å²) in [6.45, 7) is 0. The Morgan fingerprint density at radius 2 is 1.65 bits per heavy atom. The number of halogens is 2. The Balaban J connectivity index is 2.94. The Kier molecular flexibility index (Phi) is 5.36. The van der Waals surface area contributed by atoms with E-state index in [0.29, 0.717) is 12.0 Å². The monoisotopic (exact) mass is 265 g/mol. The molecule has 5 heteroatoms. The number of nitrogens with zero attached hydrogens (tertiary/aromatic N) is 3. The minimum absolute atomic E-state index is 0.0734. The van der Waals surface area contributed by atoms with Gasteiger partial charge in [0.25, 0.3) is 0 Å². The molecular weight excluding hydrogens is 257 g/mol. The first-order valence-electron chi connectivity index (χ1n) is 4.74. The highest BCUT2D eigenvalue weighted by atomic mass is 35.5. The predicted molar refractivity (Wildman–Crippen MR) is 69.6 cm³/mol. The molecule has 1 aromatic carbocycles. The van der Waals surface area contributed by atoms with E-state index >= 15 is 0 Å². The van der Waals surface area contributed by atoms with Crippen LogP contribution in [0.15, 0.2) is 29.8 Å². The normalized spacial score (nSPS) is 8.94. The second-order valence-electron chi connectivity index (χ2n) is 3.15. The summed E-state index contributed by atoms with van der Waals surface area (Å²) in [5.74, 6) is 0. The molecule has 0 spiro atoms. The molecule has 0 atom stereocenters. The summed E-state index contributed by atoms with van der Waals surface area (Å²) in [5, 5.41) is 17.2. The topological polar surface area (TPSA) is 50.8 Å². The van der Waals surface area contributed by atoms with Crippen LogP contribution < -0.4 is 4.90 Å². The van der Waals surface area contributed by atoms with Crippen LogP contribution in [-0.4, -0.2) is 12.0 Å². The van der Waals surface area contributed by atoms with Gasteiger partial charge in [-0.1, -0.05) is 12.1 Å². The maximum atomic E-state index is 8.62. The van der Waals surface area contributed by atoms with Crippen molar-refractivity contribution in [2.24, 2.45) is 0 Å². The van der Waals surface area contributed by atoms with Crippen LogP contribution in [0.3, 0.4) is 0 Å². The Morgan fingerprint density at radius 1 is 1.12 bits per heavy atom. The predicted octanol–water partition coefficient (Wildman–Crippen LogP) is 3.32. The molecule has 1 rings (SSSR count). The van der Waals surface area contributed by atoms with Crippen molar-refractivity contribution >= 4 is 35.0 Å². The average Bonchev–Trinajstić information content (AvgIpc) is 2.39. The molecule has 0 heterocycles. The van der Waals surface area contributed by atoms with Crippen LogP contribution >= 0.6 is 23.2 Å². The third-order valence-corrected chi connectivity index (χ3v) is 2.68. The second-order valence-corrected chi connectivity index (χ2v) is 3.63. The van der Waals surface area contributed by atoms with E-state index in [1.54, 1.807) is 17.0 Å². The van der Waals surface area contributed by atoms with E-state index in [-0.39, 0.29) is 5.57 Å². The van der Waals surface area contributed by atoms with Gasteiger partial charge in [-0.2, -0.15) is 10.5 Å². The molecule has 17 heavy (non-hydrogen) atoms. The molecule has 0 saturated heterocycles. The minimum atomic E-state index is 0.0734. The van der Waals surface area contributed by atoms with Gasteiger partial charge in [-0.25, -0.2) is 0 Å². The highest BCUT2D eigenvalue weighted by Crippen LogP contribution is 2.17. The number of hydrogen-bond acceptors (Lipinski definition) is 3. The summed E-state index contributed by atoms with van der Waals surface area (Å²) < 4.78 is 0. The first kappa shape index (κ1) is 13.4. The molecule has 0 aliphatic carbocycles. The summed E-state index contributed by atoms with van der Waals surface area (Å²) in [7, 11) is 0. The van der Waals surface area contributed by atoms with Gasteiger partial charge < -0.3 is 4.90 Å². The first-order chi connectivity index (χ1) is 8.24. The molecule has 0 aromatic heterocycles. The van der Waals surface area contributed by atoms with Crippen LogP contribution in [0.4, 0.5) is 5.69 Å². The lowest BCUT2D eigenvalue weighted by atomic mass is 10.1. The fourth-order valence-electron chi connectivity index (χ4n) is 1.21. The van der Waals surface area contributed by atoms with Gasteiger partial charge in [0.1, 0.15) is 17.7 Å². The van der Waals surface area contributed by atoms with Crippen LogP contribution in [0.1, 0.15) is 5.56 Å². The SMILES string of the molecule is N#CC(C#N)=Cc1ccc(N(CCl)CCl)cc1. The Labute approximate surface area is 110 Å². The van der Waals surface area contributed by atoms with Crippen molar-refractivity contribution in [3.63, 3.8) is 0 Å². The van der Waals surface area contributed by atoms with Gasteiger partial charge in [0.2, 0.25) is 0 Å². The second kappa shape index (κ2) is 6.81. The largest absolute Gasteiger partial charge is 0.344 e. The molecule has 0 aliphatic heterocycles. The molecule has 0 unspecified atom stereocenters. The number of alkyl halides is 2. The zero-order valence-electron chi connectivity index (χ0n) is 8.90. The number of rotatable bonds is 4. The van der Waals surface area contributed by atoms with Crippen LogP contribution in [-0.2, 0) is 0 Å². The van der Waals surface area contributed by atoms with Crippen molar-refractivity contribution in [1.29, 1.82) is 10.5 Å². The molecule has 0 saturated carbocycles. The number of hydrogen-bond donors (Lipinski definition) is 0. The number of anilines is 1. The molecule has 0 fully saturated rings. The molecule has 1 aromatic rings. The van der Waals surface area contributed by atoms with Gasteiger partial charge in [-0.3, -0.25) is 0 Å². The van der Waals surface area contributed by atoms with Crippen molar-refractivity contribution in [1.82, 2.24) is 0 Å². The van der Waals surface area contributed by atoms with E-state index in [4.69, 9.17) is 33.7 Å². The van der Waals surface area contributed by atoms with Crippen LogP contribution in [0.25, 0.3) is 6.08 Å². The van der Waals surface area contributed by atoms with Gasteiger partial charge in [0.05, 0.1) is 12.0 Å². The van der Waals surface area contributed by atoms with E-state index in [2.05, 4.69) is 0 Å². The standard InChI is InChI=1S/C12H9Cl2N3/c13-8-17(9-14)12-3-1-10(2-4-12)5-11(6-15)7-16/h1-5H,8-9H2. The zero-order valence-corrected chi connectivity index (χ0v) is 10.4. The summed E-state index contributed by atoms with van der Waals surface area (Å²) in [6.07, 6.45) is 1.52. The van der Waals surface area contributed by atoms with Gasteiger partial charge in [-0.05, 0) is 23.8 Å². The van der Waals surface area contributed by atoms with Gasteiger partial charge in [0.15, 0.2) is 0 Å². The van der Waals surface area contributed by atoms with Gasteiger partial charge in [-0.15, -0.1) is 23.2 Å². The fourth-order valence-corrected chi connectivity index (χ4v) is 1.74. The van der Waals surface area contributed by atoms with E-state index in [9.17, 15) is 0 Å². The molecule has 0 bridgehead atoms. The van der Waals surface area contributed by atoms with E-state index in [0.717, 1.165) is 11.3 Å². The summed E-state index contributed by atoms with van der Waals surface area (Å²) >= 11 is 11.4. The van der Waals surface area contributed by atoms with Crippen molar-refractivity contribution in [3.8, 4) is 12.1 Å². The molecular formula is C12H9Cl2N3. The van der Waals surface area contributed by atoms with Crippen molar-refractivity contribution < 1.29 is 0 Å². The third kappa shape index (κ3) is 3.67. The van der Waals surface area contributed by atoms with Crippen molar-refractivity contribution in [2.45, 2.75) is 0 Å². The van der Waals surface area contributed by atoms with Gasteiger partial charge >= 0.3 is 0 Å². The zero-order chi connectivity index (χ0) is 12.7. The average molecular weight is 266 g/mol. The van der Waals surface area contributed by atoms with Crippen LogP contribution in [0.2, 0.25) is 0 Å². The third-order valence-electron chi connectivity index (χ3n) is 2.10. The highest BCUT2D eigenvalue weighted by Gasteiger charge is 2.02. The Bertz CT molecular complexity index is 460. The maximum absolute atomic E-state index is 8.62. The van der Waals surface area contributed by atoms with Crippen LogP contribution in [0, 0.1) is 22.7 Å². The molecule has 0 amide bonds. The van der Waals surface area contributed by atoms with E-state index in [1.165, 1.54) is 6.08 Å². The maximum Gasteiger partial charge on any atom is 0.130 e. The van der Waals surface area contributed by atoms with Crippen molar-refractivity contribution in [2.75, 3.05) is 16.9 Å². The molecule has 86 valence electrons.